The number of sulfone groups is 1. The molecule has 0 unspecified atom stereocenters. The van der Waals surface area contributed by atoms with Gasteiger partial charge in [-0.25, -0.2) is 13.9 Å². The minimum atomic E-state index is -3.47. The van der Waals surface area contributed by atoms with E-state index in [1.807, 2.05) is 0 Å². The van der Waals surface area contributed by atoms with Crippen LogP contribution in [0.15, 0.2) is 33.6 Å². The lowest BCUT2D eigenvalue weighted by Gasteiger charge is -2.03. The van der Waals surface area contributed by atoms with Crippen molar-refractivity contribution in [1.29, 1.82) is 0 Å². The summed E-state index contributed by atoms with van der Waals surface area (Å²) in [7, 11) is -3.47. The van der Waals surface area contributed by atoms with Crippen LogP contribution < -0.4 is 5.48 Å². The van der Waals surface area contributed by atoms with E-state index in [4.69, 9.17) is 5.21 Å². The predicted octanol–water partition coefficient (Wildman–Crippen LogP) is 1.12. The number of carbonyl (C=O) groups excluding carboxylic acids is 1. The van der Waals surface area contributed by atoms with Gasteiger partial charge in [0.25, 0.3) is 0 Å². The summed E-state index contributed by atoms with van der Waals surface area (Å²) in [5, 5.41) is 8.24. The standard InChI is InChI=1S/C9H10BrNO4S/c10-7-1-3-8(4-2-7)16(14,15)6-5-9(12)11-13/h1-4,13H,5-6H2,(H,11,12). The van der Waals surface area contributed by atoms with Crippen LogP contribution in [-0.4, -0.2) is 25.3 Å². The highest BCUT2D eigenvalue weighted by Crippen LogP contribution is 2.16. The Bertz CT molecular complexity index is 469. The lowest BCUT2D eigenvalue weighted by molar-refractivity contribution is -0.128. The third-order valence-corrected chi connectivity index (χ3v) is 4.16. The molecule has 0 atom stereocenters. The minimum absolute atomic E-state index is 0.154. The summed E-state index contributed by atoms with van der Waals surface area (Å²) in [5.41, 5.74) is 1.39. The van der Waals surface area contributed by atoms with Crippen molar-refractivity contribution in [3.63, 3.8) is 0 Å². The van der Waals surface area contributed by atoms with E-state index >= 15 is 0 Å². The molecule has 0 radical (unpaired) electrons. The predicted molar refractivity (Wildman–Crippen MR) is 60.7 cm³/mol. The van der Waals surface area contributed by atoms with Gasteiger partial charge in [0.2, 0.25) is 5.91 Å². The quantitative estimate of drug-likeness (QED) is 0.645. The van der Waals surface area contributed by atoms with Gasteiger partial charge in [-0.3, -0.25) is 10.0 Å². The Hall–Kier alpha value is -0.920. The SMILES string of the molecule is O=C(CCS(=O)(=O)c1ccc(Br)cc1)NO. The summed E-state index contributed by atoms with van der Waals surface area (Å²) in [6.07, 6.45) is -0.269. The molecule has 0 saturated carbocycles. The third kappa shape index (κ3) is 3.58. The number of hydrogen-bond donors (Lipinski definition) is 2. The zero-order chi connectivity index (χ0) is 12.2. The van der Waals surface area contributed by atoms with Crippen LogP contribution in [-0.2, 0) is 14.6 Å². The molecular weight excluding hydrogens is 298 g/mol. The second-order valence-corrected chi connectivity index (χ2v) is 6.08. The molecular formula is C9H10BrNO4S. The van der Waals surface area contributed by atoms with Gasteiger partial charge in [-0.2, -0.15) is 0 Å². The molecule has 5 nitrogen and oxygen atoms in total. The second-order valence-electron chi connectivity index (χ2n) is 3.06. The van der Waals surface area contributed by atoms with Crippen molar-refractivity contribution in [2.45, 2.75) is 11.3 Å². The fourth-order valence-electron chi connectivity index (χ4n) is 1.04. The van der Waals surface area contributed by atoms with Crippen LogP contribution in [0.2, 0.25) is 0 Å². The monoisotopic (exact) mass is 307 g/mol. The van der Waals surface area contributed by atoms with Crippen LogP contribution >= 0.6 is 15.9 Å². The van der Waals surface area contributed by atoms with Gasteiger partial charge in [-0.1, -0.05) is 15.9 Å². The maximum absolute atomic E-state index is 11.7. The molecule has 0 aromatic heterocycles. The zero-order valence-electron chi connectivity index (χ0n) is 8.18. The van der Waals surface area contributed by atoms with Crippen molar-refractivity contribution in [2.75, 3.05) is 5.75 Å². The Morgan fingerprint density at radius 1 is 1.31 bits per heavy atom. The number of rotatable bonds is 4. The van der Waals surface area contributed by atoms with E-state index in [9.17, 15) is 13.2 Å². The molecule has 88 valence electrons. The number of halogens is 1. The molecule has 0 fully saturated rings. The molecule has 0 bridgehead atoms. The maximum Gasteiger partial charge on any atom is 0.244 e. The van der Waals surface area contributed by atoms with Crippen molar-refractivity contribution in [3.05, 3.63) is 28.7 Å². The molecule has 0 heterocycles. The molecule has 16 heavy (non-hydrogen) atoms. The molecule has 0 aliphatic rings. The van der Waals surface area contributed by atoms with Crippen LogP contribution in [0.1, 0.15) is 6.42 Å². The summed E-state index contributed by atoms with van der Waals surface area (Å²) in [6.45, 7) is 0. The Labute approximate surface area is 101 Å². The molecule has 0 spiro atoms. The first-order valence-corrected chi connectivity index (χ1v) is 6.81. The first-order chi connectivity index (χ1) is 7.45. The van der Waals surface area contributed by atoms with Gasteiger partial charge in [0.1, 0.15) is 0 Å². The van der Waals surface area contributed by atoms with Crippen LogP contribution in [0.3, 0.4) is 0 Å². The summed E-state index contributed by atoms with van der Waals surface area (Å²) in [5.74, 6) is -1.05. The van der Waals surface area contributed by atoms with E-state index in [0.717, 1.165) is 4.47 Å². The van der Waals surface area contributed by atoms with Crippen molar-refractivity contribution in [1.82, 2.24) is 5.48 Å². The molecule has 1 aromatic carbocycles. The van der Waals surface area contributed by atoms with Crippen molar-refractivity contribution >= 4 is 31.7 Å². The number of amides is 1. The molecule has 0 aliphatic heterocycles. The van der Waals surface area contributed by atoms with E-state index in [1.165, 1.54) is 17.6 Å². The van der Waals surface area contributed by atoms with Crippen LogP contribution in [0.5, 0.6) is 0 Å². The topological polar surface area (TPSA) is 83.5 Å². The number of nitrogens with one attached hydrogen (secondary N) is 1. The summed E-state index contributed by atoms with van der Waals surface area (Å²) in [4.78, 5) is 10.9. The first-order valence-electron chi connectivity index (χ1n) is 4.37. The average molecular weight is 308 g/mol. The Morgan fingerprint density at radius 2 is 1.88 bits per heavy atom. The summed E-state index contributed by atoms with van der Waals surface area (Å²) < 4.78 is 24.2. The number of carbonyl (C=O) groups is 1. The summed E-state index contributed by atoms with van der Waals surface area (Å²) >= 11 is 3.19. The highest BCUT2D eigenvalue weighted by atomic mass is 79.9. The van der Waals surface area contributed by atoms with E-state index in [0.29, 0.717) is 0 Å². The lowest BCUT2D eigenvalue weighted by atomic mass is 10.4. The van der Waals surface area contributed by atoms with Gasteiger partial charge >= 0.3 is 0 Å². The van der Waals surface area contributed by atoms with E-state index in [1.54, 1.807) is 12.1 Å². The fraction of sp³-hybridized carbons (Fsp3) is 0.222. The Morgan fingerprint density at radius 3 is 2.38 bits per heavy atom. The molecule has 1 rings (SSSR count). The molecule has 1 amide bonds. The molecule has 7 heteroatoms. The van der Waals surface area contributed by atoms with Gasteiger partial charge in [0, 0.05) is 10.9 Å². The zero-order valence-corrected chi connectivity index (χ0v) is 10.6. The highest BCUT2D eigenvalue weighted by Gasteiger charge is 2.15. The van der Waals surface area contributed by atoms with Gasteiger partial charge in [0.15, 0.2) is 9.84 Å². The van der Waals surface area contributed by atoms with Crippen molar-refractivity contribution in [2.24, 2.45) is 0 Å². The first kappa shape index (κ1) is 13.1. The molecule has 1 aromatic rings. The normalized spacial score (nSPS) is 11.1. The minimum Gasteiger partial charge on any atom is -0.289 e. The van der Waals surface area contributed by atoms with Gasteiger partial charge in [-0.15, -0.1) is 0 Å². The van der Waals surface area contributed by atoms with Gasteiger partial charge in [-0.05, 0) is 24.3 Å². The Balaban J connectivity index is 2.78. The van der Waals surface area contributed by atoms with Crippen molar-refractivity contribution < 1.29 is 18.4 Å². The lowest BCUT2D eigenvalue weighted by Crippen LogP contribution is -2.22. The highest BCUT2D eigenvalue weighted by molar-refractivity contribution is 9.10. The molecule has 0 saturated heterocycles. The Kier molecular flexibility index (Phi) is 4.45. The second kappa shape index (κ2) is 5.42. The smallest absolute Gasteiger partial charge is 0.244 e. The van der Waals surface area contributed by atoms with E-state index in [2.05, 4.69) is 15.9 Å². The number of hydroxylamine groups is 1. The third-order valence-electron chi connectivity index (χ3n) is 1.90. The fourth-order valence-corrected chi connectivity index (χ4v) is 2.55. The molecule has 0 aliphatic carbocycles. The van der Waals surface area contributed by atoms with E-state index < -0.39 is 15.7 Å². The number of benzene rings is 1. The molecule has 2 N–H and O–H groups in total. The van der Waals surface area contributed by atoms with Crippen molar-refractivity contribution in [3.8, 4) is 0 Å². The number of hydrogen-bond acceptors (Lipinski definition) is 4. The largest absolute Gasteiger partial charge is 0.289 e. The maximum atomic E-state index is 11.7. The van der Waals surface area contributed by atoms with Gasteiger partial charge < -0.3 is 0 Å². The van der Waals surface area contributed by atoms with Crippen LogP contribution in [0.4, 0.5) is 0 Å². The van der Waals surface area contributed by atoms with E-state index in [-0.39, 0.29) is 17.1 Å². The van der Waals surface area contributed by atoms with Crippen LogP contribution in [0.25, 0.3) is 0 Å². The van der Waals surface area contributed by atoms with Gasteiger partial charge in [0.05, 0.1) is 10.6 Å². The average Bonchev–Trinajstić information content (AvgIpc) is 2.26. The summed E-state index contributed by atoms with van der Waals surface area (Å²) in [6, 6.07) is 6.13. The van der Waals surface area contributed by atoms with Crippen LogP contribution in [0, 0.1) is 0 Å².